The summed E-state index contributed by atoms with van der Waals surface area (Å²) in [5.41, 5.74) is -0.131. The van der Waals surface area contributed by atoms with E-state index in [9.17, 15) is 9.59 Å². The molecule has 0 aliphatic rings. The van der Waals surface area contributed by atoms with E-state index >= 15 is 0 Å². The van der Waals surface area contributed by atoms with E-state index in [1.165, 1.54) is 4.57 Å². The van der Waals surface area contributed by atoms with Gasteiger partial charge < -0.3 is 5.11 Å². The van der Waals surface area contributed by atoms with Crippen LogP contribution in [0.15, 0.2) is 17.2 Å². The number of aliphatic carboxylic acids is 1. The summed E-state index contributed by atoms with van der Waals surface area (Å²) in [5.74, 6) is -0.889. The van der Waals surface area contributed by atoms with Crippen molar-refractivity contribution < 1.29 is 9.90 Å². The van der Waals surface area contributed by atoms with E-state index in [1.54, 1.807) is 17.0 Å². The van der Waals surface area contributed by atoms with Crippen molar-refractivity contribution in [3.63, 3.8) is 0 Å². The number of carbonyl (C=O) groups is 1. The number of carboxylic acid groups (broad SMARTS) is 1. The Hall–Kier alpha value is -1.52. The number of aromatic nitrogens is 2. The van der Waals surface area contributed by atoms with Gasteiger partial charge in [-0.2, -0.15) is 0 Å². The number of imidazole rings is 1. The highest BCUT2D eigenvalue weighted by Gasteiger charge is 2.03. The maximum atomic E-state index is 11.5. The molecule has 0 saturated carbocycles. The zero-order chi connectivity index (χ0) is 10.6. The fourth-order valence-corrected chi connectivity index (χ4v) is 1.25. The molecule has 0 amide bonds. The molecule has 0 fully saturated rings. The number of aryl methyl sites for hydroxylation is 2. The summed E-state index contributed by atoms with van der Waals surface area (Å²) in [7, 11) is 0. The molecule has 0 aliphatic carbocycles. The van der Waals surface area contributed by atoms with Crippen molar-refractivity contribution >= 4 is 5.97 Å². The first-order valence-electron chi connectivity index (χ1n) is 4.62. The molecule has 78 valence electrons. The zero-order valence-corrected chi connectivity index (χ0v) is 8.14. The minimum absolute atomic E-state index is 0.0178. The van der Waals surface area contributed by atoms with Gasteiger partial charge in [0.25, 0.3) is 0 Å². The standard InChI is InChI=1S/C9H14N2O3/c1-2-4-10-6-7-11(9(10)14)5-3-8(12)13/h6-7H,2-5H2,1H3,(H,12,13). The first kappa shape index (κ1) is 10.6. The van der Waals surface area contributed by atoms with Crippen LogP contribution in [0.25, 0.3) is 0 Å². The van der Waals surface area contributed by atoms with Gasteiger partial charge in [-0.3, -0.25) is 13.9 Å². The Morgan fingerprint density at radius 3 is 2.43 bits per heavy atom. The molecule has 1 aromatic rings. The molecular formula is C9H14N2O3. The van der Waals surface area contributed by atoms with Gasteiger partial charge in [-0.15, -0.1) is 0 Å². The quantitative estimate of drug-likeness (QED) is 0.750. The van der Waals surface area contributed by atoms with Crippen LogP contribution in [0, 0.1) is 0 Å². The van der Waals surface area contributed by atoms with Crippen molar-refractivity contribution in [3.05, 3.63) is 22.9 Å². The van der Waals surface area contributed by atoms with Crippen molar-refractivity contribution in [3.8, 4) is 0 Å². The molecule has 1 N–H and O–H groups in total. The van der Waals surface area contributed by atoms with Crippen molar-refractivity contribution in [1.82, 2.24) is 9.13 Å². The van der Waals surface area contributed by atoms with E-state index in [1.807, 2.05) is 6.92 Å². The van der Waals surface area contributed by atoms with Crippen LogP contribution in [-0.4, -0.2) is 20.2 Å². The summed E-state index contributed by atoms with van der Waals surface area (Å²) in [4.78, 5) is 21.8. The maximum absolute atomic E-state index is 11.5. The lowest BCUT2D eigenvalue weighted by Gasteiger charge is -1.98. The third-order valence-corrected chi connectivity index (χ3v) is 1.95. The zero-order valence-electron chi connectivity index (χ0n) is 8.14. The average Bonchev–Trinajstić information content (AvgIpc) is 2.46. The van der Waals surface area contributed by atoms with Crippen LogP contribution < -0.4 is 5.69 Å². The van der Waals surface area contributed by atoms with Gasteiger partial charge in [0.05, 0.1) is 6.42 Å². The summed E-state index contributed by atoms with van der Waals surface area (Å²) >= 11 is 0. The minimum atomic E-state index is -0.889. The number of nitrogens with zero attached hydrogens (tertiary/aromatic N) is 2. The average molecular weight is 198 g/mol. The van der Waals surface area contributed by atoms with E-state index in [-0.39, 0.29) is 18.7 Å². The van der Waals surface area contributed by atoms with Gasteiger partial charge in [-0.25, -0.2) is 4.79 Å². The molecule has 5 nitrogen and oxygen atoms in total. The van der Waals surface area contributed by atoms with Crippen molar-refractivity contribution in [2.45, 2.75) is 32.9 Å². The minimum Gasteiger partial charge on any atom is -0.481 e. The van der Waals surface area contributed by atoms with E-state index in [0.29, 0.717) is 6.54 Å². The SMILES string of the molecule is CCCn1ccn(CCC(=O)O)c1=O. The Bertz CT molecular complexity index is 364. The fourth-order valence-electron chi connectivity index (χ4n) is 1.25. The number of hydrogen-bond donors (Lipinski definition) is 1. The second kappa shape index (κ2) is 4.64. The molecule has 0 bridgehead atoms. The third kappa shape index (κ3) is 2.48. The Morgan fingerprint density at radius 1 is 1.36 bits per heavy atom. The lowest BCUT2D eigenvalue weighted by atomic mass is 10.4. The molecule has 1 rings (SSSR count). The Labute approximate surface area is 81.6 Å². The van der Waals surface area contributed by atoms with E-state index in [4.69, 9.17) is 5.11 Å². The van der Waals surface area contributed by atoms with E-state index < -0.39 is 5.97 Å². The Kier molecular flexibility index (Phi) is 3.50. The van der Waals surface area contributed by atoms with Gasteiger partial charge in [0.1, 0.15) is 0 Å². The van der Waals surface area contributed by atoms with Crippen molar-refractivity contribution in [2.24, 2.45) is 0 Å². The monoisotopic (exact) mass is 198 g/mol. The molecule has 5 heteroatoms. The van der Waals surface area contributed by atoms with Gasteiger partial charge >= 0.3 is 11.7 Å². The van der Waals surface area contributed by atoms with Gasteiger partial charge in [-0.1, -0.05) is 6.92 Å². The first-order valence-corrected chi connectivity index (χ1v) is 4.62. The molecule has 1 aromatic heterocycles. The smallest absolute Gasteiger partial charge is 0.328 e. The third-order valence-electron chi connectivity index (χ3n) is 1.95. The van der Waals surface area contributed by atoms with Gasteiger partial charge in [0.2, 0.25) is 0 Å². The highest BCUT2D eigenvalue weighted by Crippen LogP contribution is 1.91. The Morgan fingerprint density at radius 2 is 1.93 bits per heavy atom. The lowest BCUT2D eigenvalue weighted by molar-refractivity contribution is -0.137. The fraction of sp³-hybridized carbons (Fsp3) is 0.556. The highest BCUT2D eigenvalue weighted by atomic mass is 16.4. The summed E-state index contributed by atoms with van der Waals surface area (Å²) in [5, 5.41) is 8.45. The van der Waals surface area contributed by atoms with E-state index in [0.717, 1.165) is 6.42 Å². The molecule has 0 unspecified atom stereocenters. The predicted molar refractivity (Wildman–Crippen MR) is 51.2 cm³/mol. The van der Waals surface area contributed by atoms with Crippen LogP contribution in [-0.2, 0) is 17.9 Å². The second-order valence-electron chi connectivity index (χ2n) is 3.11. The molecule has 0 aromatic carbocycles. The topological polar surface area (TPSA) is 64.2 Å². The normalized spacial score (nSPS) is 10.4. The summed E-state index contributed by atoms with van der Waals surface area (Å²) in [6, 6.07) is 0. The molecule has 1 heterocycles. The predicted octanol–water partition coefficient (Wildman–Crippen LogP) is 0.534. The van der Waals surface area contributed by atoms with Crippen LogP contribution in [0.1, 0.15) is 19.8 Å². The van der Waals surface area contributed by atoms with Crippen LogP contribution in [0.3, 0.4) is 0 Å². The number of hydrogen-bond acceptors (Lipinski definition) is 2. The highest BCUT2D eigenvalue weighted by molar-refractivity contribution is 5.66. The molecule has 0 atom stereocenters. The number of rotatable bonds is 5. The summed E-state index contributed by atoms with van der Waals surface area (Å²) < 4.78 is 3.01. The van der Waals surface area contributed by atoms with Crippen molar-refractivity contribution in [1.29, 1.82) is 0 Å². The first-order chi connectivity index (χ1) is 6.65. The Balaban J connectivity index is 2.69. The second-order valence-corrected chi connectivity index (χ2v) is 3.11. The largest absolute Gasteiger partial charge is 0.481 e. The van der Waals surface area contributed by atoms with Gasteiger partial charge in [0.15, 0.2) is 0 Å². The summed E-state index contributed by atoms with van der Waals surface area (Å²) in [6.07, 6.45) is 4.19. The maximum Gasteiger partial charge on any atom is 0.328 e. The molecule has 0 radical (unpaired) electrons. The molecule has 0 spiro atoms. The van der Waals surface area contributed by atoms with Crippen molar-refractivity contribution in [2.75, 3.05) is 0 Å². The molecular weight excluding hydrogens is 184 g/mol. The number of carboxylic acids is 1. The van der Waals surface area contributed by atoms with Crippen LogP contribution in [0.4, 0.5) is 0 Å². The van der Waals surface area contributed by atoms with Gasteiger partial charge in [-0.05, 0) is 6.42 Å². The van der Waals surface area contributed by atoms with Gasteiger partial charge in [0, 0.05) is 25.5 Å². The molecule has 0 aliphatic heterocycles. The van der Waals surface area contributed by atoms with Crippen LogP contribution >= 0.6 is 0 Å². The van der Waals surface area contributed by atoms with Crippen LogP contribution in [0.2, 0.25) is 0 Å². The van der Waals surface area contributed by atoms with E-state index in [2.05, 4.69) is 0 Å². The molecule has 0 saturated heterocycles. The van der Waals surface area contributed by atoms with Crippen LogP contribution in [0.5, 0.6) is 0 Å². The summed E-state index contributed by atoms with van der Waals surface area (Å²) in [6.45, 7) is 2.91. The molecule has 14 heavy (non-hydrogen) atoms. The lowest BCUT2D eigenvalue weighted by Crippen LogP contribution is -2.24.